The molecule has 2 amide bonds. The summed E-state index contributed by atoms with van der Waals surface area (Å²) >= 11 is 1.35. The number of fused-ring (bicyclic) bond motifs is 1. The average Bonchev–Trinajstić information content (AvgIpc) is 2.54. The van der Waals surface area contributed by atoms with Gasteiger partial charge in [-0.25, -0.2) is 4.79 Å². The van der Waals surface area contributed by atoms with Gasteiger partial charge in [-0.15, -0.1) is 11.8 Å². The van der Waals surface area contributed by atoms with Gasteiger partial charge in [-0.1, -0.05) is 13.3 Å². The first kappa shape index (κ1) is 18.3. The van der Waals surface area contributed by atoms with Crippen molar-refractivity contribution >= 4 is 35.5 Å². The number of carboxylic acid groups (broad SMARTS) is 1. The second kappa shape index (κ2) is 7.69. The van der Waals surface area contributed by atoms with Crippen molar-refractivity contribution in [3.8, 4) is 0 Å². The van der Waals surface area contributed by atoms with Gasteiger partial charge in [-0.05, 0) is 6.42 Å². The van der Waals surface area contributed by atoms with Crippen LogP contribution in [0.25, 0.3) is 0 Å². The van der Waals surface area contributed by atoms with E-state index in [0.717, 1.165) is 12.8 Å². The first-order chi connectivity index (χ1) is 11.4. The number of nitrogens with one attached hydrogen (secondary N) is 1. The van der Waals surface area contributed by atoms with Gasteiger partial charge >= 0.3 is 11.9 Å². The summed E-state index contributed by atoms with van der Waals surface area (Å²) in [5.41, 5.74) is 0.229. The van der Waals surface area contributed by atoms with Gasteiger partial charge in [0, 0.05) is 24.7 Å². The third-order valence-electron chi connectivity index (χ3n) is 3.77. The smallest absolute Gasteiger partial charge is 0.352 e. The number of carbonyl (C=O) groups is 4. The second-order valence-corrected chi connectivity index (χ2v) is 6.70. The molecule has 0 aromatic heterocycles. The van der Waals surface area contributed by atoms with E-state index in [1.165, 1.54) is 23.6 Å². The molecule has 2 N–H and O–H groups in total. The maximum atomic E-state index is 12.3. The van der Waals surface area contributed by atoms with Gasteiger partial charge in [0.2, 0.25) is 5.91 Å². The molecule has 0 aromatic rings. The van der Waals surface area contributed by atoms with E-state index in [1.54, 1.807) is 0 Å². The average molecular weight is 356 g/mol. The molecule has 0 bridgehead atoms. The second-order valence-electron chi connectivity index (χ2n) is 5.60. The number of hydrogen-bond donors (Lipinski definition) is 2. The zero-order chi connectivity index (χ0) is 17.9. The van der Waals surface area contributed by atoms with Gasteiger partial charge in [-0.3, -0.25) is 19.3 Å². The molecular weight excluding hydrogens is 336 g/mol. The minimum absolute atomic E-state index is 0.149. The summed E-state index contributed by atoms with van der Waals surface area (Å²) in [5, 5.41) is 11.6. The number of amides is 2. The Bertz CT molecular complexity index is 603. The van der Waals surface area contributed by atoms with Crippen LogP contribution in [0.1, 0.15) is 33.1 Å². The molecule has 9 heteroatoms. The molecule has 0 aliphatic carbocycles. The first-order valence-corrected chi connectivity index (χ1v) is 8.74. The van der Waals surface area contributed by atoms with Crippen molar-refractivity contribution in [2.75, 3.05) is 12.4 Å². The van der Waals surface area contributed by atoms with Crippen molar-refractivity contribution in [1.29, 1.82) is 0 Å². The van der Waals surface area contributed by atoms with Crippen molar-refractivity contribution in [3.05, 3.63) is 11.3 Å². The normalized spacial score (nSPS) is 22.6. The Balaban J connectivity index is 2.09. The maximum absolute atomic E-state index is 12.3. The molecule has 8 nitrogen and oxygen atoms in total. The van der Waals surface area contributed by atoms with Gasteiger partial charge in [0.25, 0.3) is 5.91 Å². The van der Waals surface area contributed by atoms with Crippen LogP contribution in [-0.4, -0.2) is 57.5 Å². The third kappa shape index (κ3) is 3.72. The number of unbranched alkanes of at least 4 members (excludes halogenated alkanes) is 1. The van der Waals surface area contributed by atoms with Crippen LogP contribution in [0.3, 0.4) is 0 Å². The summed E-state index contributed by atoms with van der Waals surface area (Å²) in [5.74, 6) is -2.09. The highest BCUT2D eigenvalue weighted by atomic mass is 32.2. The predicted octanol–water partition coefficient (Wildman–Crippen LogP) is 0.478. The van der Waals surface area contributed by atoms with E-state index in [4.69, 9.17) is 4.74 Å². The monoisotopic (exact) mass is 356 g/mol. The fourth-order valence-corrected chi connectivity index (χ4v) is 3.89. The number of carbonyl (C=O) groups excluding carboxylic acids is 3. The van der Waals surface area contributed by atoms with E-state index in [0.29, 0.717) is 17.7 Å². The minimum atomic E-state index is -1.24. The number of nitrogens with zero attached hydrogens (tertiary/aromatic N) is 1. The lowest BCUT2D eigenvalue weighted by Gasteiger charge is -2.49. The highest BCUT2D eigenvalue weighted by Gasteiger charge is 2.54. The molecule has 2 aliphatic rings. The zero-order valence-electron chi connectivity index (χ0n) is 13.5. The molecule has 0 saturated carbocycles. The van der Waals surface area contributed by atoms with Crippen molar-refractivity contribution in [2.24, 2.45) is 0 Å². The number of hydrogen-bond acceptors (Lipinski definition) is 6. The first-order valence-electron chi connectivity index (χ1n) is 7.69. The van der Waals surface area contributed by atoms with Crippen LogP contribution in [0, 0.1) is 0 Å². The molecule has 132 valence electrons. The van der Waals surface area contributed by atoms with Gasteiger partial charge < -0.3 is 15.2 Å². The SMILES string of the molecule is CCCCC(=O)NC1C(=O)N2C(C(=O)O)=C(COC(C)=O)CSC12. The van der Waals surface area contributed by atoms with Crippen LogP contribution in [-0.2, 0) is 23.9 Å². The Morgan fingerprint density at radius 2 is 2.12 bits per heavy atom. The van der Waals surface area contributed by atoms with E-state index < -0.39 is 29.3 Å². The van der Waals surface area contributed by atoms with Crippen LogP contribution in [0.2, 0.25) is 0 Å². The lowest BCUT2D eigenvalue weighted by Crippen LogP contribution is -2.70. The van der Waals surface area contributed by atoms with Gasteiger partial charge in [0.15, 0.2) is 0 Å². The maximum Gasteiger partial charge on any atom is 0.352 e. The van der Waals surface area contributed by atoms with Crippen LogP contribution < -0.4 is 5.32 Å². The Hall–Kier alpha value is -2.03. The topological polar surface area (TPSA) is 113 Å². The highest BCUT2D eigenvalue weighted by Crippen LogP contribution is 2.40. The summed E-state index contributed by atoms with van der Waals surface area (Å²) in [6.45, 7) is 3.04. The highest BCUT2D eigenvalue weighted by molar-refractivity contribution is 8.00. The molecule has 0 aromatic carbocycles. The number of rotatable bonds is 7. The number of β-lactam (4-membered cyclic amide) rings is 1. The van der Waals surface area contributed by atoms with Crippen molar-refractivity contribution in [1.82, 2.24) is 10.2 Å². The molecule has 1 saturated heterocycles. The number of thioether (sulfide) groups is 1. The van der Waals surface area contributed by atoms with E-state index in [2.05, 4.69) is 5.32 Å². The molecule has 0 spiro atoms. The fourth-order valence-electron chi connectivity index (χ4n) is 2.57. The van der Waals surface area contributed by atoms with Crippen LogP contribution >= 0.6 is 11.8 Å². The molecule has 2 rings (SSSR count). The molecule has 1 fully saturated rings. The molecule has 2 atom stereocenters. The van der Waals surface area contributed by atoms with E-state index in [9.17, 15) is 24.3 Å². The number of carboxylic acids is 1. The van der Waals surface area contributed by atoms with Gasteiger partial charge in [0.1, 0.15) is 23.7 Å². The lowest BCUT2D eigenvalue weighted by molar-refractivity contribution is -0.151. The van der Waals surface area contributed by atoms with Crippen LogP contribution in [0.5, 0.6) is 0 Å². The number of aliphatic carboxylic acids is 1. The molecule has 24 heavy (non-hydrogen) atoms. The van der Waals surface area contributed by atoms with E-state index in [-0.39, 0.29) is 18.2 Å². The summed E-state index contributed by atoms with van der Waals surface area (Å²) in [4.78, 5) is 47.7. The Kier molecular flexibility index (Phi) is 5.87. The molecule has 0 radical (unpaired) electrons. The minimum Gasteiger partial charge on any atom is -0.477 e. The largest absolute Gasteiger partial charge is 0.477 e. The fraction of sp³-hybridized carbons (Fsp3) is 0.600. The van der Waals surface area contributed by atoms with Crippen molar-refractivity contribution in [2.45, 2.75) is 44.5 Å². The van der Waals surface area contributed by atoms with Crippen LogP contribution in [0.15, 0.2) is 11.3 Å². The van der Waals surface area contributed by atoms with E-state index >= 15 is 0 Å². The van der Waals surface area contributed by atoms with Gasteiger partial charge in [-0.2, -0.15) is 0 Å². The Morgan fingerprint density at radius 3 is 2.71 bits per heavy atom. The van der Waals surface area contributed by atoms with Crippen molar-refractivity contribution in [3.63, 3.8) is 0 Å². The summed E-state index contributed by atoms with van der Waals surface area (Å²) in [7, 11) is 0. The quantitative estimate of drug-likeness (QED) is 0.504. The zero-order valence-corrected chi connectivity index (χ0v) is 14.4. The summed E-state index contributed by atoms with van der Waals surface area (Å²) in [6.07, 6.45) is 1.96. The Morgan fingerprint density at radius 1 is 1.42 bits per heavy atom. The predicted molar refractivity (Wildman–Crippen MR) is 85.8 cm³/mol. The molecule has 2 aliphatic heterocycles. The molecule has 2 heterocycles. The van der Waals surface area contributed by atoms with Crippen LogP contribution in [0.4, 0.5) is 0 Å². The summed E-state index contributed by atoms with van der Waals surface area (Å²) < 4.78 is 4.86. The Labute approximate surface area is 143 Å². The van der Waals surface area contributed by atoms with Gasteiger partial charge in [0.05, 0.1) is 0 Å². The standard InChI is InChI=1S/C15H20N2O6S/c1-3-4-5-10(19)16-11-13(20)17-12(15(21)22)9(6-23-8(2)18)7-24-14(11)17/h11,14H,3-7H2,1-2H3,(H,16,19)(H,21,22). The number of ether oxygens (including phenoxy) is 1. The molecule has 2 unspecified atom stereocenters. The summed E-state index contributed by atoms with van der Waals surface area (Å²) in [6, 6.07) is -0.705. The van der Waals surface area contributed by atoms with Crippen molar-refractivity contribution < 1.29 is 29.0 Å². The third-order valence-corrected chi connectivity index (χ3v) is 5.11. The van der Waals surface area contributed by atoms with E-state index in [1.807, 2.05) is 6.92 Å². The number of esters is 1. The lowest BCUT2D eigenvalue weighted by atomic mass is 10.0. The molecular formula is C15H20N2O6S.